The van der Waals surface area contributed by atoms with Crippen LogP contribution in [0.2, 0.25) is 0 Å². The van der Waals surface area contributed by atoms with Crippen LogP contribution in [0.3, 0.4) is 0 Å². The summed E-state index contributed by atoms with van der Waals surface area (Å²) in [6.07, 6.45) is 5.02. The van der Waals surface area contributed by atoms with Crippen LogP contribution < -0.4 is 10.2 Å². The number of aromatic nitrogens is 1. The maximum Gasteiger partial charge on any atom is 0.194 e. The zero-order valence-electron chi connectivity index (χ0n) is 18.0. The maximum absolute atomic E-state index is 6.09. The van der Waals surface area contributed by atoms with E-state index in [2.05, 4.69) is 22.1 Å². The maximum atomic E-state index is 6.09. The number of pyridine rings is 1. The van der Waals surface area contributed by atoms with Crippen molar-refractivity contribution in [3.63, 3.8) is 0 Å². The smallest absolute Gasteiger partial charge is 0.194 e. The lowest BCUT2D eigenvalue weighted by Crippen LogP contribution is -2.47. The van der Waals surface area contributed by atoms with E-state index < -0.39 is 0 Å². The number of aliphatic imine (C=N–C) groups is 1. The number of likely N-dealkylation sites (tertiary alicyclic amines) is 1. The lowest BCUT2D eigenvalue weighted by atomic mass is 10.1. The van der Waals surface area contributed by atoms with Gasteiger partial charge in [-0.2, -0.15) is 0 Å². The van der Waals surface area contributed by atoms with Crippen molar-refractivity contribution in [2.75, 3.05) is 51.8 Å². The van der Waals surface area contributed by atoms with Gasteiger partial charge in [-0.25, -0.2) is 9.98 Å². The fourth-order valence-electron chi connectivity index (χ4n) is 3.64. The second-order valence-electron chi connectivity index (χ2n) is 7.71. The minimum absolute atomic E-state index is 0. The summed E-state index contributed by atoms with van der Waals surface area (Å²) in [5.41, 5.74) is 0.983. The number of ether oxygens (including phenoxy) is 2. The second kappa shape index (κ2) is 12.5. The molecule has 8 heteroatoms. The monoisotopic (exact) mass is 517 g/mol. The van der Waals surface area contributed by atoms with Crippen LogP contribution in [0.1, 0.15) is 38.3 Å². The fraction of sp³-hybridized carbons (Fsp3) is 0.714. The highest BCUT2D eigenvalue weighted by molar-refractivity contribution is 14.0. The average molecular weight is 517 g/mol. The van der Waals surface area contributed by atoms with Crippen molar-refractivity contribution < 1.29 is 9.47 Å². The van der Waals surface area contributed by atoms with Crippen LogP contribution in [0, 0.1) is 0 Å². The Morgan fingerprint density at radius 1 is 1.31 bits per heavy atom. The molecule has 0 spiro atoms. The molecule has 0 radical (unpaired) electrons. The van der Waals surface area contributed by atoms with Crippen LogP contribution in [0.5, 0.6) is 0 Å². The predicted molar refractivity (Wildman–Crippen MR) is 128 cm³/mol. The fourth-order valence-corrected chi connectivity index (χ4v) is 3.64. The topological polar surface area (TPSA) is 62.2 Å². The highest BCUT2D eigenvalue weighted by Gasteiger charge is 2.24. The summed E-state index contributed by atoms with van der Waals surface area (Å²) in [6, 6.07) is 6.09. The highest BCUT2D eigenvalue weighted by Crippen LogP contribution is 2.18. The molecular weight excluding hydrogens is 481 g/mol. The molecule has 164 valence electrons. The summed E-state index contributed by atoms with van der Waals surface area (Å²) in [7, 11) is 4.01. The molecule has 0 aliphatic carbocycles. The van der Waals surface area contributed by atoms with Crippen molar-refractivity contribution in [2.24, 2.45) is 4.99 Å². The van der Waals surface area contributed by atoms with Crippen LogP contribution in [0.25, 0.3) is 0 Å². The van der Waals surface area contributed by atoms with Gasteiger partial charge in [0.25, 0.3) is 0 Å². The summed E-state index contributed by atoms with van der Waals surface area (Å²) in [5.74, 6) is 1.93. The standard InChI is InChI=1S/C21H35N5O2.HI/c1-4-22-21(23-15-17-7-5-9-20(24-17)25(2)3)26-12-10-18(11-13-26)28-16-19-8-6-14-27-19;/h5,7,9,18-19H,4,6,8,10-16H2,1-3H3,(H,22,23);1H. The van der Waals surface area contributed by atoms with Gasteiger partial charge in [0.15, 0.2) is 5.96 Å². The molecule has 0 bridgehead atoms. The van der Waals surface area contributed by atoms with Crippen LogP contribution in [-0.2, 0) is 16.0 Å². The molecule has 0 saturated carbocycles. The molecule has 1 atom stereocenters. The summed E-state index contributed by atoms with van der Waals surface area (Å²) in [6.45, 7) is 7.12. The number of nitrogens with one attached hydrogen (secondary N) is 1. The van der Waals surface area contributed by atoms with E-state index in [0.29, 0.717) is 18.8 Å². The van der Waals surface area contributed by atoms with Gasteiger partial charge in [-0.3, -0.25) is 0 Å². The third-order valence-corrected chi connectivity index (χ3v) is 5.26. The van der Waals surface area contributed by atoms with E-state index in [1.807, 2.05) is 37.2 Å². The first-order valence-corrected chi connectivity index (χ1v) is 10.6. The van der Waals surface area contributed by atoms with Gasteiger partial charge in [0.05, 0.1) is 31.1 Å². The number of anilines is 1. The highest BCUT2D eigenvalue weighted by atomic mass is 127. The quantitative estimate of drug-likeness (QED) is 0.341. The van der Waals surface area contributed by atoms with Gasteiger partial charge in [0.1, 0.15) is 5.82 Å². The predicted octanol–water partition coefficient (Wildman–Crippen LogP) is 2.89. The first-order valence-electron chi connectivity index (χ1n) is 10.6. The van der Waals surface area contributed by atoms with Gasteiger partial charge in [-0.15, -0.1) is 24.0 Å². The molecule has 3 rings (SSSR count). The Balaban J connectivity index is 0.00000300. The molecule has 0 amide bonds. The lowest BCUT2D eigenvalue weighted by Gasteiger charge is -2.34. The Morgan fingerprint density at radius 3 is 2.76 bits per heavy atom. The van der Waals surface area contributed by atoms with E-state index >= 15 is 0 Å². The lowest BCUT2D eigenvalue weighted by molar-refractivity contribution is -0.0367. The van der Waals surface area contributed by atoms with Crippen LogP contribution in [0.4, 0.5) is 5.82 Å². The summed E-state index contributed by atoms with van der Waals surface area (Å²) in [5, 5.41) is 3.43. The normalized spacial score (nSPS) is 20.4. The van der Waals surface area contributed by atoms with Gasteiger partial charge in [-0.1, -0.05) is 6.07 Å². The molecule has 1 aromatic heterocycles. The third-order valence-electron chi connectivity index (χ3n) is 5.26. The number of nitrogens with zero attached hydrogens (tertiary/aromatic N) is 4. The van der Waals surface area contributed by atoms with Crippen molar-refractivity contribution >= 4 is 35.8 Å². The van der Waals surface area contributed by atoms with Crippen LogP contribution >= 0.6 is 24.0 Å². The molecule has 0 aromatic carbocycles. The third kappa shape index (κ3) is 7.57. The molecule has 7 nitrogen and oxygen atoms in total. The molecular formula is C21H36IN5O2. The van der Waals surface area contributed by atoms with E-state index in [4.69, 9.17) is 14.5 Å². The molecule has 1 N–H and O–H groups in total. The number of halogens is 1. The van der Waals surface area contributed by atoms with Gasteiger partial charge in [-0.05, 0) is 44.7 Å². The Morgan fingerprint density at radius 2 is 2.10 bits per heavy atom. The Kier molecular flexibility index (Phi) is 10.4. The van der Waals surface area contributed by atoms with Gasteiger partial charge in [0, 0.05) is 40.3 Å². The van der Waals surface area contributed by atoms with E-state index in [-0.39, 0.29) is 24.0 Å². The molecule has 2 aliphatic rings. The van der Waals surface area contributed by atoms with Gasteiger partial charge < -0.3 is 24.6 Å². The molecule has 2 fully saturated rings. The van der Waals surface area contributed by atoms with Gasteiger partial charge in [0.2, 0.25) is 0 Å². The van der Waals surface area contributed by atoms with Crippen molar-refractivity contribution in [1.29, 1.82) is 0 Å². The van der Waals surface area contributed by atoms with E-state index in [1.54, 1.807) is 0 Å². The first-order chi connectivity index (χ1) is 13.7. The van der Waals surface area contributed by atoms with E-state index in [1.165, 1.54) is 6.42 Å². The Labute approximate surface area is 192 Å². The van der Waals surface area contributed by atoms with Gasteiger partial charge >= 0.3 is 0 Å². The molecule has 29 heavy (non-hydrogen) atoms. The molecule has 3 heterocycles. The summed E-state index contributed by atoms with van der Waals surface area (Å²) in [4.78, 5) is 13.8. The number of guanidine groups is 1. The molecule has 2 aliphatic heterocycles. The first kappa shape index (κ1) is 24.1. The second-order valence-corrected chi connectivity index (χ2v) is 7.71. The minimum Gasteiger partial charge on any atom is -0.376 e. The number of hydrogen-bond acceptors (Lipinski definition) is 5. The zero-order valence-corrected chi connectivity index (χ0v) is 20.3. The minimum atomic E-state index is 0. The largest absolute Gasteiger partial charge is 0.376 e. The van der Waals surface area contributed by atoms with E-state index in [0.717, 1.165) is 69.6 Å². The number of rotatable bonds is 7. The van der Waals surface area contributed by atoms with Crippen molar-refractivity contribution in [3.8, 4) is 0 Å². The number of piperidine rings is 1. The van der Waals surface area contributed by atoms with E-state index in [9.17, 15) is 0 Å². The molecule has 1 aromatic rings. The molecule has 2 saturated heterocycles. The Bertz CT molecular complexity index is 629. The average Bonchev–Trinajstić information content (AvgIpc) is 3.24. The van der Waals surface area contributed by atoms with Crippen LogP contribution in [0.15, 0.2) is 23.2 Å². The van der Waals surface area contributed by atoms with Crippen molar-refractivity contribution in [3.05, 3.63) is 23.9 Å². The van der Waals surface area contributed by atoms with Crippen LogP contribution in [-0.4, -0.2) is 75.0 Å². The Hall–Kier alpha value is -1.13. The van der Waals surface area contributed by atoms with Crippen molar-refractivity contribution in [2.45, 2.75) is 51.4 Å². The molecule has 1 unspecified atom stereocenters. The SMILES string of the molecule is CCNC(=NCc1cccc(N(C)C)n1)N1CCC(OCC2CCCO2)CC1.I. The summed E-state index contributed by atoms with van der Waals surface area (Å²) >= 11 is 0. The number of hydrogen-bond donors (Lipinski definition) is 1. The van der Waals surface area contributed by atoms with Crippen molar-refractivity contribution in [1.82, 2.24) is 15.2 Å². The zero-order chi connectivity index (χ0) is 19.8. The summed E-state index contributed by atoms with van der Waals surface area (Å²) < 4.78 is 11.8.